The summed E-state index contributed by atoms with van der Waals surface area (Å²) in [5.74, 6) is -2.07. The lowest BCUT2D eigenvalue weighted by atomic mass is 10.0. The van der Waals surface area contributed by atoms with Gasteiger partial charge in [0, 0.05) is 17.9 Å². The predicted molar refractivity (Wildman–Crippen MR) is 79.2 cm³/mol. The highest BCUT2D eigenvalue weighted by atomic mass is 32.2. The first-order valence-corrected chi connectivity index (χ1v) is 7.89. The summed E-state index contributed by atoms with van der Waals surface area (Å²) >= 11 is 1.54. The van der Waals surface area contributed by atoms with Crippen molar-refractivity contribution in [2.75, 3.05) is 12.4 Å². The van der Waals surface area contributed by atoms with Gasteiger partial charge in [0.2, 0.25) is 5.91 Å². The van der Waals surface area contributed by atoms with Crippen LogP contribution in [-0.2, 0) is 19.1 Å². The van der Waals surface area contributed by atoms with E-state index in [2.05, 4.69) is 0 Å². The Bertz CT molecular complexity index is 585. The summed E-state index contributed by atoms with van der Waals surface area (Å²) < 4.78 is 4.98. The number of rotatable bonds is 5. The summed E-state index contributed by atoms with van der Waals surface area (Å²) in [6.07, 6.45) is 1.11. The molecule has 2 fully saturated rings. The lowest BCUT2D eigenvalue weighted by Gasteiger charge is -2.29. The van der Waals surface area contributed by atoms with E-state index in [9.17, 15) is 14.4 Å². The van der Waals surface area contributed by atoms with Crippen molar-refractivity contribution < 1.29 is 19.1 Å². The molecular formula is C14H17N3O4S. The van der Waals surface area contributed by atoms with Gasteiger partial charge in [-0.3, -0.25) is 9.59 Å². The number of ether oxygens (including phenoxy) is 1. The SMILES string of the molecule is CC(=N)C(C#N)C(=O)COC(=O)[C@H]1CS[C@@]2(C)CCC(=O)N12. The van der Waals surface area contributed by atoms with Gasteiger partial charge in [-0.25, -0.2) is 4.79 Å². The fourth-order valence-electron chi connectivity index (χ4n) is 2.73. The van der Waals surface area contributed by atoms with Crippen LogP contribution < -0.4 is 0 Å². The average molecular weight is 323 g/mol. The van der Waals surface area contributed by atoms with Crippen LogP contribution >= 0.6 is 11.8 Å². The number of nitriles is 1. The van der Waals surface area contributed by atoms with Gasteiger partial charge in [0.1, 0.15) is 12.0 Å². The number of carbonyl (C=O) groups is 3. The molecule has 2 rings (SSSR count). The van der Waals surface area contributed by atoms with Gasteiger partial charge < -0.3 is 15.0 Å². The Morgan fingerprint density at radius 1 is 1.64 bits per heavy atom. The van der Waals surface area contributed by atoms with Gasteiger partial charge in [-0.1, -0.05) is 0 Å². The summed E-state index contributed by atoms with van der Waals surface area (Å²) in [6.45, 7) is 2.73. The third-order valence-corrected chi connectivity index (χ3v) is 5.46. The standard InChI is InChI=1S/C14H17N3O4S/c1-8(16)9(5-15)11(18)6-21-13(20)10-7-22-14(2)4-3-12(19)17(10)14/h9-10,16H,3-4,6-7H2,1-2H3/t9?,10-,14+/m1/s1. The lowest BCUT2D eigenvalue weighted by Crippen LogP contribution is -2.47. The topological polar surface area (TPSA) is 111 Å². The van der Waals surface area contributed by atoms with Crippen molar-refractivity contribution in [2.24, 2.45) is 5.92 Å². The van der Waals surface area contributed by atoms with Crippen molar-refractivity contribution in [3.8, 4) is 6.07 Å². The zero-order chi connectivity index (χ0) is 16.5. The second-order valence-corrected chi connectivity index (χ2v) is 7.09. The van der Waals surface area contributed by atoms with Crippen molar-refractivity contribution in [1.29, 1.82) is 10.7 Å². The number of amides is 1. The molecule has 0 bridgehead atoms. The number of nitrogens with zero attached hydrogens (tertiary/aromatic N) is 2. The molecule has 118 valence electrons. The first-order chi connectivity index (χ1) is 10.3. The van der Waals surface area contributed by atoms with Crippen LogP contribution in [0.15, 0.2) is 0 Å². The van der Waals surface area contributed by atoms with Crippen LogP contribution in [0.4, 0.5) is 0 Å². The monoisotopic (exact) mass is 323 g/mol. The van der Waals surface area contributed by atoms with Crippen molar-refractivity contribution in [2.45, 2.75) is 37.6 Å². The number of carbonyl (C=O) groups excluding carboxylic acids is 3. The Kier molecular flexibility index (Phi) is 4.56. The van der Waals surface area contributed by atoms with Crippen LogP contribution in [-0.4, -0.2) is 51.5 Å². The van der Waals surface area contributed by atoms with E-state index in [0.717, 1.165) is 0 Å². The minimum Gasteiger partial charge on any atom is -0.456 e. The maximum atomic E-state index is 12.1. The molecule has 8 heteroatoms. The molecule has 2 saturated heterocycles. The van der Waals surface area contributed by atoms with E-state index in [4.69, 9.17) is 15.4 Å². The summed E-state index contributed by atoms with van der Waals surface area (Å²) in [5.41, 5.74) is -0.0812. The Labute approximate surface area is 132 Å². The van der Waals surface area contributed by atoms with Crippen LogP contribution in [0.3, 0.4) is 0 Å². The second kappa shape index (κ2) is 6.08. The summed E-state index contributed by atoms with van der Waals surface area (Å²) in [5, 5.41) is 16.2. The van der Waals surface area contributed by atoms with E-state index in [1.165, 1.54) is 18.7 Å². The summed E-state index contributed by atoms with van der Waals surface area (Å²) in [7, 11) is 0. The fourth-order valence-corrected chi connectivity index (χ4v) is 4.14. The molecular weight excluding hydrogens is 306 g/mol. The molecule has 1 unspecified atom stereocenters. The number of hydrogen-bond donors (Lipinski definition) is 1. The second-order valence-electron chi connectivity index (χ2n) is 5.58. The van der Waals surface area contributed by atoms with Gasteiger partial charge >= 0.3 is 5.97 Å². The number of ketones is 1. The first kappa shape index (κ1) is 16.5. The Morgan fingerprint density at radius 3 is 2.91 bits per heavy atom. The van der Waals surface area contributed by atoms with Crippen LogP contribution in [0.25, 0.3) is 0 Å². The van der Waals surface area contributed by atoms with Crippen molar-refractivity contribution in [3.63, 3.8) is 0 Å². The normalized spacial score (nSPS) is 28.0. The number of nitrogens with one attached hydrogen (secondary N) is 1. The molecule has 0 saturated carbocycles. The number of fused-ring (bicyclic) bond motifs is 1. The van der Waals surface area contributed by atoms with E-state index in [0.29, 0.717) is 18.6 Å². The molecule has 1 N–H and O–H groups in total. The zero-order valence-electron chi connectivity index (χ0n) is 12.4. The fraction of sp³-hybridized carbons (Fsp3) is 0.643. The Hall–Kier alpha value is -1.88. The van der Waals surface area contributed by atoms with Crippen LogP contribution in [0.2, 0.25) is 0 Å². The van der Waals surface area contributed by atoms with Crippen LogP contribution in [0, 0.1) is 22.7 Å². The van der Waals surface area contributed by atoms with Crippen molar-refractivity contribution >= 4 is 35.1 Å². The highest BCUT2D eigenvalue weighted by Crippen LogP contribution is 2.47. The summed E-state index contributed by atoms with van der Waals surface area (Å²) in [6, 6.07) is 1.03. The van der Waals surface area contributed by atoms with E-state index >= 15 is 0 Å². The maximum Gasteiger partial charge on any atom is 0.330 e. The van der Waals surface area contributed by atoms with Crippen molar-refractivity contribution in [3.05, 3.63) is 0 Å². The minimum atomic E-state index is -1.19. The smallest absolute Gasteiger partial charge is 0.330 e. The molecule has 0 spiro atoms. The van der Waals surface area contributed by atoms with Gasteiger partial charge in [0.15, 0.2) is 12.4 Å². The highest BCUT2D eigenvalue weighted by Gasteiger charge is 2.53. The average Bonchev–Trinajstić information content (AvgIpc) is 2.94. The number of Topliss-reactive ketones (excluding diaryl/α,β-unsaturated/α-hetero) is 1. The van der Waals surface area contributed by atoms with Crippen LogP contribution in [0.1, 0.15) is 26.7 Å². The van der Waals surface area contributed by atoms with Gasteiger partial charge in [-0.15, -0.1) is 11.8 Å². The number of hydrogen-bond acceptors (Lipinski definition) is 7. The Balaban J connectivity index is 1.96. The van der Waals surface area contributed by atoms with Gasteiger partial charge in [-0.2, -0.15) is 5.26 Å². The predicted octanol–water partition coefficient (Wildman–Crippen LogP) is 0.732. The third kappa shape index (κ3) is 2.86. The van der Waals surface area contributed by atoms with E-state index < -0.39 is 30.3 Å². The van der Waals surface area contributed by atoms with Gasteiger partial charge in [0.25, 0.3) is 0 Å². The molecule has 1 amide bonds. The molecule has 22 heavy (non-hydrogen) atoms. The van der Waals surface area contributed by atoms with Crippen molar-refractivity contribution in [1.82, 2.24) is 4.90 Å². The van der Waals surface area contributed by atoms with Gasteiger partial charge in [-0.05, 0) is 20.3 Å². The molecule has 0 radical (unpaired) electrons. The molecule has 2 heterocycles. The molecule has 0 aromatic rings. The third-order valence-electron chi connectivity index (χ3n) is 3.96. The summed E-state index contributed by atoms with van der Waals surface area (Å²) in [4.78, 5) is 37.0. The lowest BCUT2D eigenvalue weighted by molar-refractivity contribution is -0.156. The molecule has 3 atom stereocenters. The molecule has 0 aromatic heterocycles. The first-order valence-electron chi connectivity index (χ1n) is 6.90. The van der Waals surface area contributed by atoms with E-state index in [1.54, 1.807) is 11.0 Å². The minimum absolute atomic E-state index is 0.0778. The molecule has 0 aliphatic carbocycles. The Morgan fingerprint density at radius 2 is 2.32 bits per heavy atom. The van der Waals surface area contributed by atoms with E-state index in [1.807, 2.05) is 6.92 Å². The molecule has 0 aromatic carbocycles. The largest absolute Gasteiger partial charge is 0.456 e. The molecule has 2 aliphatic rings. The van der Waals surface area contributed by atoms with Crippen LogP contribution in [0.5, 0.6) is 0 Å². The number of esters is 1. The molecule has 7 nitrogen and oxygen atoms in total. The zero-order valence-corrected chi connectivity index (χ0v) is 13.2. The number of thioether (sulfide) groups is 1. The van der Waals surface area contributed by atoms with Gasteiger partial charge in [0.05, 0.1) is 10.9 Å². The maximum absolute atomic E-state index is 12.1. The highest BCUT2D eigenvalue weighted by molar-refractivity contribution is 8.01. The van der Waals surface area contributed by atoms with E-state index in [-0.39, 0.29) is 16.5 Å². The quantitative estimate of drug-likeness (QED) is 0.590. The molecule has 2 aliphatic heterocycles.